The zero-order chi connectivity index (χ0) is 25.9. The van der Waals surface area contributed by atoms with Gasteiger partial charge in [0.2, 0.25) is 0 Å². The summed E-state index contributed by atoms with van der Waals surface area (Å²) in [5.41, 5.74) is 2.11. The van der Waals surface area contributed by atoms with E-state index in [9.17, 15) is 14.7 Å². The summed E-state index contributed by atoms with van der Waals surface area (Å²) in [6.45, 7) is 5.19. The van der Waals surface area contributed by atoms with Gasteiger partial charge in [-0.25, -0.2) is 19.0 Å². The van der Waals surface area contributed by atoms with E-state index in [4.69, 9.17) is 11.6 Å². The van der Waals surface area contributed by atoms with E-state index >= 15 is 0 Å². The highest BCUT2D eigenvalue weighted by Crippen LogP contribution is 2.23. The summed E-state index contributed by atoms with van der Waals surface area (Å²) in [4.78, 5) is 35.2. The molecule has 1 unspecified atom stereocenters. The van der Waals surface area contributed by atoms with Crippen molar-refractivity contribution < 1.29 is 9.90 Å². The number of ketones is 1. The van der Waals surface area contributed by atoms with Crippen LogP contribution in [0.3, 0.4) is 0 Å². The van der Waals surface area contributed by atoms with Gasteiger partial charge in [-0.2, -0.15) is 5.10 Å². The maximum Gasteiger partial charge on any atom is 0.352 e. The first-order chi connectivity index (χ1) is 17.9. The van der Waals surface area contributed by atoms with Gasteiger partial charge in [-0.3, -0.25) is 4.79 Å². The van der Waals surface area contributed by atoms with E-state index in [0.717, 1.165) is 37.6 Å². The molecule has 1 saturated heterocycles. The fraction of sp³-hybridized carbons (Fsp3) is 0.259. The molecule has 5 rings (SSSR count). The highest BCUT2D eigenvalue weighted by Gasteiger charge is 2.25. The van der Waals surface area contributed by atoms with E-state index in [1.807, 2.05) is 25.1 Å². The number of nitrogens with zero attached hydrogens (tertiary/aromatic N) is 6. The Morgan fingerprint density at radius 2 is 1.57 bits per heavy atom. The summed E-state index contributed by atoms with van der Waals surface area (Å²) in [7, 11) is 0. The van der Waals surface area contributed by atoms with Crippen molar-refractivity contribution in [2.75, 3.05) is 36.0 Å². The summed E-state index contributed by atoms with van der Waals surface area (Å²) in [5.74, 6) is 0.509. The SMILES string of the molecule is CCC(C(=O)c1ccc(Cl)cc1)n1ncn(-c2ccc(N3CCN(c4ccc(O)cc4)CC3)cn2)c1=O. The van der Waals surface area contributed by atoms with Gasteiger partial charge < -0.3 is 14.9 Å². The first kappa shape index (κ1) is 24.6. The average Bonchev–Trinajstić information content (AvgIpc) is 3.31. The molecule has 0 bridgehead atoms. The number of rotatable bonds is 7. The maximum absolute atomic E-state index is 13.2. The van der Waals surface area contributed by atoms with E-state index in [1.54, 1.807) is 48.7 Å². The van der Waals surface area contributed by atoms with Gasteiger partial charge in [-0.1, -0.05) is 18.5 Å². The van der Waals surface area contributed by atoms with Crippen molar-refractivity contribution in [1.29, 1.82) is 0 Å². The van der Waals surface area contributed by atoms with Crippen LogP contribution < -0.4 is 15.5 Å². The topological polar surface area (TPSA) is 96.5 Å². The Morgan fingerprint density at radius 3 is 2.16 bits per heavy atom. The fourth-order valence-corrected chi connectivity index (χ4v) is 4.68. The minimum atomic E-state index is -0.723. The fourth-order valence-electron chi connectivity index (χ4n) is 4.56. The molecule has 2 aromatic heterocycles. The number of aromatic nitrogens is 4. The van der Waals surface area contributed by atoms with Gasteiger partial charge in [-0.05, 0) is 67.1 Å². The summed E-state index contributed by atoms with van der Waals surface area (Å²) < 4.78 is 2.57. The second-order valence-corrected chi connectivity index (χ2v) is 9.32. The number of carbonyl (C=O) groups excluding carboxylic acids is 1. The molecule has 0 amide bonds. The molecular formula is C27H27ClN6O3. The highest BCUT2D eigenvalue weighted by molar-refractivity contribution is 6.30. The van der Waals surface area contributed by atoms with Crippen molar-refractivity contribution >= 4 is 28.8 Å². The standard InChI is InChI=1S/C27H27ClN6O3/c1-2-24(26(36)19-3-5-20(28)6-4-19)34-27(37)33(18-30-34)25-12-9-22(17-29-25)32-15-13-31(14-16-32)21-7-10-23(35)11-8-21/h3-12,17-18,24,35H,2,13-16H2,1H3. The van der Waals surface area contributed by atoms with E-state index in [1.165, 1.54) is 15.6 Å². The number of Topliss-reactive ketones (excluding diaryl/α,β-unsaturated/α-hetero) is 1. The molecule has 37 heavy (non-hydrogen) atoms. The number of phenolic OH excluding ortho intramolecular Hbond substituents is 1. The van der Waals surface area contributed by atoms with Crippen LogP contribution in [0.5, 0.6) is 5.75 Å². The van der Waals surface area contributed by atoms with Crippen molar-refractivity contribution in [1.82, 2.24) is 19.3 Å². The first-order valence-corrected chi connectivity index (χ1v) is 12.5. The predicted molar refractivity (Wildman–Crippen MR) is 143 cm³/mol. The molecule has 10 heteroatoms. The van der Waals surface area contributed by atoms with Crippen LogP contribution >= 0.6 is 11.6 Å². The molecule has 1 aliphatic heterocycles. The molecule has 1 aliphatic rings. The molecule has 0 aliphatic carbocycles. The largest absolute Gasteiger partial charge is 0.508 e. The van der Waals surface area contributed by atoms with Gasteiger partial charge in [0.15, 0.2) is 5.78 Å². The van der Waals surface area contributed by atoms with Gasteiger partial charge in [0.25, 0.3) is 0 Å². The zero-order valence-electron chi connectivity index (χ0n) is 20.4. The lowest BCUT2D eigenvalue weighted by Crippen LogP contribution is -2.46. The summed E-state index contributed by atoms with van der Waals surface area (Å²) in [6, 6.07) is 16.9. The third-order valence-corrected chi connectivity index (χ3v) is 6.90. The van der Waals surface area contributed by atoms with E-state index in [2.05, 4.69) is 19.9 Å². The smallest absolute Gasteiger partial charge is 0.352 e. The quantitative estimate of drug-likeness (QED) is 0.370. The summed E-state index contributed by atoms with van der Waals surface area (Å²) in [6.07, 6.45) is 3.57. The molecule has 190 valence electrons. The Balaban J connectivity index is 1.28. The van der Waals surface area contributed by atoms with Gasteiger partial charge in [-0.15, -0.1) is 0 Å². The van der Waals surface area contributed by atoms with Gasteiger partial charge in [0.1, 0.15) is 23.9 Å². The number of hydrogen-bond donors (Lipinski definition) is 1. The number of pyridine rings is 1. The molecule has 2 aromatic carbocycles. The second kappa shape index (κ2) is 10.5. The van der Waals surface area contributed by atoms with Crippen molar-refractivity contribution in [3.63, 3.8) is 0 Å². The van der Waals surface area contributed by atoms with Crippen LogP contribution in [0.2, 0.25) is 5.02 Å². The Bertz CT molecular complexity index is 1420. The third kappa shape index (κ3) is 5.08. The minimum Gasteiger partial charge on any atom is -0.508 e. The van der Waals surface area contributed by atoms with Crippen LogP contribution in [0.25, 0.3) is 5.82 Å². The monoisotopic (exact) mass is 518 g/mol. The van der Waals surface area contributed by atoms with E-state index in [-0.39, 0.29) is 11.5 Å². The average molecular weight is 519 g/mol. The summed E-state index contributed by atoms with van der Waals surface area (Å²) >= 11 is 5.94. The molecule has 0 saturated carbocycles. The molecule has 1 N–H and O–H groups in total. The molecule has 1 atom stereocenters. The van der Waals surface area contributed by atoms with E-state index < -0.39 is 11.7 Å². The number of halogens is 1. The van der Waals surface area contributed by atoms with Crippen molar-refractivity contribution in [3.05, 3.63) is 94.3 Å². The van der Waals surface area contributed by atoms with Crippen LogP contribution in [-0.2, 0) is 0 Å². The van der Waals surface area contributed by atoms with Gasteiger partial charge in [0.05, 0.1) is 11.9 Å². The maximum atomic E-state index is 13.2. The normalized spacial score (nSPS) is 14.5. The Labute approximate surface area is 219 Å². The molecule has 0 radical (unpaired) electrons. The van der Waals surface area contributed by atoms with Crippen LogP contribution in [0.15, 0.2) is 78.0 Å². The lowest BCUT2D eigenvalue weighted by molar-refractivity contribution is 0.0911. The van der Waals surface area contributed by atoms with Crippen LogP contribution in [0.4, 0.5) is 11.4 Å². The Morgan fingerprint density at radius 1 is 0.946 bits per heavy atom. The zero-order valence-corrected chi connectivity index (χ0v) is 21.1. The molecule has 4 aromatic rings. The molecule has 1 fully saturated rings. The number of phenols is 1. The Hall–Kier alpha value is -4.11. The number of anilines is 2. The second-order valence-electron chi connectivity index (χ2n) is 8.89. The van der Waals surface area contributed by atoms with E-state index in [0.29, 0.717) is 22.8 Å². The van der Waals surface area contributed by atoms with Crippen LogP contribution in [0.1, 0.15) is 29.7 Å². The number of carbonyl (C=O) groups is 1. The predicted octanol–water partition coefficient (Wildman–Crippen LogP) is 3.95. The lowest BCUT2D eigenvalue weighted by atomic mass is 10.0. The number of piperazine rings is 1. The highest BCUT2D eigenvalue weighted by atomic mass is 35.5. The van der Waals surface area contributed by atoms with Crippen LogP contribution in [-0.4, -0.2) is 56.4 Å². The molecule has 3 heterocycles. The van der Waals surface area contributed by atoms with Crippen molar-refractivity contribution in [2.24, 2.45) is 0 Å². The number of hydrogen-bond acceptors (Lipinski definition) is 7. The third-order valence-electron chi connectivity index (χ3n) is 6.65. The molecule has 9 nitrogen and oxygen atoms in total. The molecule has 0 spiro atoms. The van der Waals surface area contributed by atoms with Gasteiger partial charge in [0, 0.05) is 42.5 Å². The van der Waals surface area contributed by atoms with Crippen molar-refractivity contribution in [3.8, 4) is 11.6 Å². The molecular weight excluding hydrogens is 492 g/mol. The lowest BCUT2D eigenvalue weighted by Gasteiger charge is -2.37. The van der Waals surface area contributed by atoms with Gasteiger partial charge >= 0.3 is 5.69 Å². The number of aromatic hydroxyl groups is 1. The first-order valence-electron chi connectivity index (χ1n) is 12.2. The minimum absolute atomic E-state index is 0.193. The number of benzene rings is 2. The van der Waals surface area contributed by atoms with Crippen molar-refractivity contribution in [2.45, 2.75) is 19.4 Å². The Kier molecular flexibility index (Phi) is 6.96. The van der Waals surface area contributed by atoms with Crippen LogP contribution in [0, 0.1) is 0 Å². The summed E-state index contributed by atoms with van der Waals surface area (Å²) in [5, 5.41) is 14.3.